The zero-order chi connectivity index (χ0) is 31.3. The first-order valence-electron chi connectivity index (χ1n) is 12.1. The zero-order valence-electron chi connectivity index (χ0n) is 21.6. The quantitative estimate of drug-likeness (QED) is 0.249. The fourth-order valence-corrected chi connectivity index (χ4v) is 5.25. The lowest BCUT2D eigenvalue weighted by Gasteiger charge is -2.45. The average molecular weight is 755 g/mol. The van der Waals surface area contributed by atoms with E-state index < -0.39 is 93.0 Å². The van der Waals surface area contributed by atoms with Gasteiger partial charge in [0.15, 0.2) is 11.2 Å². The summed E-state index contributed by atoms with van der Waals surface area (Å²) >= 11 is 11.2. The zero-order valence-corrected chi connectivity index (χ0v) is 25.6. The third kappa shape index (κ3) is 6.47. The van der Waals surface area contributed by atoms with E-state index in [9.17, 15) is 35.1 Å². The van der Waals surface area contributed by atoms with Gasteiger partial charge in [0, 0.05) is 20.1 Å². The van der Waals surface area contributed by atoms with Crippen LogP contribution in [0.1, 0.15) is 11.1 Å². The fraction of sp³-hybridized carbons (Fsp3) is 0.462. The van der Waals surface area contributed by atoms with Gasteiger partial charge in [-0.3, -0.25) is 4.99 Å². The van der Waals surface area contributed by atoms with Gasteiger partial charge in [0.05, 0.1) is 13.2 Å². The molecule has 0 radical (unpaired) electrons. The highest BCUT2D eigenvalue weighted by molar-refractivity contribution is 9.10. The number of aliphatic imine (C=N–C) groups is 1. The molecule has 4 rings (SSSR count). The summed E-state index contributed by atoms with van der Waals surface area (Å²) in [6, 6.07) is 7.91. The SMILES string of the molecule is FCC1(CF)OC[C@@](CF)(c2cc(Br)ccc2F)NC1=S.NC1=N[C@](CF)(c2cc(Br)ccc2F)COC1(CF)CF. The van der Waals surface area contributed by atoms with Crippen molar-refractivity contribution >= 4 is 54.9 Å². The van der Waals surface area contributed by atoms with Gasteiger partial charge in [0.25, 0.3) is 0 Å². The molecule has 2 aliphatic heterocycles. The smallest absolute Gasteiger partial charge is 0.181 e. The highest BCUT2D eigenvalue weighted by atomic mass is 79.9. The second kappa shape index (κ2) is 13.8. The lowest BCUT2D eigenvalue weighted by Crippen LogP contribution is -2.66. The van der Waals surface area contributed by atoms with E-state index in [0.29, 0.717) is 8.95 Å². The van der Waals surface area contributed by atoms with Gasteiger partial charge in [0.2, 0.25) is 0 Å². The molecule has 42 heavy (non-hydrogen) atoms. The number of benzene rings is 2. The fourth-order valence-electron chi connectivity index (χ4n) is 4.16. The predicted molar refractivity (Wildman–Crippen MR) is 152 cm³/mol. The Hall–Kier alpha value is -1.88. The molecule has 2 atom stereocenters. The molecule has 2 aromatic carbocycles. The minimum Gasteiger partial charge on any atom is -0.385 e. The van der Waals surface area contributed by atoms with E-state index in [1.807, 2.05) is 0 Å². The number of nitrogens with one attached hydrogen (secondary N) is 1. The highest BCUT2D eigenvalue weighted by Crippen LogP contribution is 2.37. The Morgan fingerprint density at radius 3 is 1.71 bits per heavy atom. The minimum absolute atomic E-state index is 0.0203. The van der Waals surface area contributed by atoms with Crippen LogP contribution >= 0.6 is 44.1 Å². The van der Waals surface area contributed by atoms with Crippen LogP contribution < -0.4 is 11.1 Å². The number of amidine groups is 1. The first-order valence-corrected chi connectivity index (χ1v) is 14.1. The maximum atomic E-state index is 14.0. The molecule has 0 saturated carbocycles. The molecule has 3 N–H and O–H groups in total. The second-order valence-electron chi connectivity index (χ2n) is 9.68. The van der Waals surface area contributed by atoms with E-state index in [1.54, 1.807) is 0 Å². The number of halogens is 10. The third-order valence-electron chi connectivity index (χ3n) is 6.94. The second-order valence-corrected chi connectivity index (χ2v) is 11.9. The molecule has 2 aliphatic rings. The summed E-state index contributed by atoms with van der Waals surface area (Å²) in [7, 11) is 0. The highest BCUT2D eigenvalue weighted by Gasteiger charge is 2.50. The van der Waals surface area contributed by atoms with Crippen LogP contribution in [0.3, 0.4) is 0 Å². The van der Waals surface area contributed by atoms with Crippen molar-refractivity contribution in [2.24, 2.45) is 10.7 Å². The topological polar surface area (TPSA) is 68.9 Å². The van der Waals surface area contributed by atoms with Gasteiger partial charge in [-0.1, -0.05) is 44.1 Å². The van der Waals surface area contributed by atoms with Crippen LogP contribution in [0.15, 0.2) is 50.3 Å². The molecule has 2 aromatic rings. The van der Waals surface area contributed by atoms with Crippen molar-refractivity contribution < 1.29 is 44.6 Å². The van der Waals surface area contributed by atoms with Crippen molar-refractivity contribution in [3.8, 4) is 0 Å². The van der Waals surface area contributed by atoms with Crippen molar-refractivity contribution in [3.05, 3.63) is 68.1 Å². The number of morpholine rings is 1. The van der Waals surface area contributed by atoms with E-state index in [-0.39, 0.29) is 16.1 Å². The molecule has 0 aliphatic carbocycles. The number of ether oxygens (including phenoxy) is 2. The van der Waals surface area contributed by atoms with E-state index in [2.05, 4.69) is 42.2 Å². The molecule has 0 spiro atoms. The van der Waals surface area contributed by atoms with Crippen LogP contribution in [0.2, 0.25) is 0 Å². The van der Waals surface area contributed by atoms with Crippen molar-refractivity contribution in [3.63, 3.8) is 0 Å². The molecule has 0 aromatic heterocycles. The number of hydrogen-bond donors (Lipinski definition) is 2. The predicted octanol–water partition coefficient (Wildman–Crippen LogP) is 6.20. The maximum Gasteiger partial charge on any atom is 0.181 e. The lowest BCUT2D eigenvalue weighted by molar-refractivity contribution is -0.0756. The summed E-state index contributed by atoms with van der Waals surface area (Å²) in [5.41, 5.74) is -1.83. The molecule has 1 saturated heterocycles. The number of nitrogens with two attached hydrogens (primary N) is 1. The Labute approximate surface area is 258 Å². The van der Waals surface area contributed by atoms with Gasteiger partial charge in [-0.2, -0.15) is 0 Å². The Kier molecular flexibility index (Phi) is 11.4. The summed E-state index contributed by atoms with van der Waals surface area (Å²) in [5, 5.41) is 2.55. The first-order chi connectivity index (χ1) is 19.9. The van der Waals surface area contributed by atoms with Crippen LogP contribution in [0.5, 0.6) is 0 Å². The monoisotopic (exact) mass is 753 g/mol. The van der Waals surface area contributed by atoms with E-state index in [1.165, 1.54) is 24.3 Å². The van der Waals surface area contributed by atoms with E-state index in [0.717, 1.165) is 12.1 Å². The van der Waals surface area contributed by atoms with Gasteiger partial charge in [-0.25, -0.2) is 35.1 Å². The van der Waals surface area contributed by atoms with Gasteiger partial charge in [0.1, 0.15) is 73.6 Å². The summed E-state index contributed by atoms with van der Waals surface area (Å²) in [5.74, 6) is -1.89. The Bertz CT molecular complexity index is 1320. The standard InChI is InChI=1S/C13H13BrF4N2O.C13H12BrF4NOS/c14-8-1-2-10(18)9(3-8)12(4-15)7-21-13(5-16,6-17)11(19)20-12;14-8-1-2-10(18)9(3-8)12(4-15)7-20-13(5-16,6-17)11(21)19-12/h1-3H,4-7H2,(H2,19,20);1-3H,4-7H2,(H,19,21)/t2*12-/m00/s1. The summed E-state index contributed by atoms with van der Waals surface area (Å²) < 4.78 is 118. The lowest BCUT2D eigenvalue weighted by atomic mass is 9.88. The molecule has 1 fully saturated rings. The first kappa shape index (κ1) is 34.6. The van der Waals surface area contributed by atoms with Gasteiger partial charge < -0.3 is 20.5 Å². The maximum absolute atomic E-state index is 14.0. The number of alkyl halides is 6. The van der Waals surface area contributed by atoms with Crippen molar-refractivity contribution in [1.29, 1.82) is 0 Å². The molecule has 2 heterocycles. The van der Waals surface area contributed by atoms with Crippen molar-refractivity contribution in [2.45, 2.75) is 22.3 Å². The third-order valence-corrected chi connectivity index (χ3v) is 8.40. The molecule has 0 bridgehead atoms. The number of rotatable bonds is 8. The van der Waals surface area contributed by atoms with Crippen LogP contribution in [-0.4, -0.2) is 75.3 Å². The number of nitrogens with zero attached hydrogens (tertiary/aromatic N) is 1. The Balaban J connectivity index is 0.000000230. The van der Waals surface area contributed by atoms with Crippen LogP contribution in [0.25, 0.3) is 0 Å². The summed E-state index contributed by atoms with van der Waals surface area (Å²) in [4.78, 5) is 3.54. The van der Waals surface area contributed by atoms with Crippen molar-refractivity contribution in [2.75, 3.05) is 53.3 Å². The van der Waals surface area contributed by atoms with E-state index >= 15 is 0 Å². The van der Waals surface area contributed by atoms with Crippen LogP contribution in [-0.2, 0) is 20.6 Å². The molecule has 5 nitrogen and oxygen atoms in total. The largest absolute Gasteiger partial charge is 0.385 e. The molecule has 0 amide bonds. The van der Waals surface area contributed by atoms with E-state index in [4.69, 9.17) is 27.4 Å². The molecular formula is C26H25Br2F8N3O2S. The van der Waals surface area contributed by atoms with Gasteiger partial charge in [-0.05, 0) is 36.4 Å². The van der Waals surface area contributed by atoms with Gasteiger partial charge in [-0.15, -0.1) is 0 Å². The van der Waals surface area contributed by atoms with Crippen LogP contribution in [0, 0.1) is 11.6 Å². The van der Waals surface area contributed by atoms with Gasteiger partial charge >= 0.3 is 0 Å². The van der Waals surface area contributed by atoms with Crippen molar-refractivity contribution in [1.82, 2.24) is 5.32 Å². The molecule has 0 unspecified atom stereocenters. The normalized spacial score (nSPS) is 24.7. The molecule has 16 heteroatoms. The minimum atomic E-state index is -2.01. The number of hydrogen-bond acceptors (Lipinski definition) is 5. The number of thiocarbonyl (C=S) groups is 1. The Morgan fingerprint density at radius 2 is 1.26 bits per heavy atom. The summed E-state index contributed by atoms with van der Waals surface area (Å²) in [6.07, 6.45) is 0. The van der Waals surface area contributed by atoms with Crippen LogP contribution in [0.4, 0.5) is 35.1 Å². The molecular weight excluding hydrogens is 730 g/mol. The molecule has 232 valence electrons. The Morgan fingerprint density at radius 1 is 0.762 bits per heavy atom. The summed E-state index contributed by atoms with van der Waals surface area (Å²) in [6.45, 7) is -7.94. The average Bonchev–Trinajstić information content (AvgIpc) is 3.00.